The van der Waals surface area contributed by atoms with Crippen molar-refractivity contribution >= 4 is 17.5 Å². The second-order valence-electron chi connectivity index (χ2n) is 6.47. The maximum Gasteiger partial charge on any atom is 0.210 e. The number of hydrogen-bond acceptors (Lipinski definition) is 6. The van der Waals surface area contributed by atoms with Crippen LogP contribution in [0.25, 0.3) is 0 Å². The SMILES string of the molecule is CN1CCC(c2ccc(NNNN(C(=N)N)c3ccccn3)cc2)CC1. The number of piperidine rings is 1. The minimum absolute atomic E-state index is 0.171. The van der Waals surface area contributed by atoms with Crippen LogP contribution >= 0.6 is 0 Å². The number of nitrogens with one attached hydrogen (secondary N) is 4. The molecule has 1 aliphatic heterocycles. The van der Waals surface area contributed by atoms with Crippen LogP contribution in [0, 0.1) is 5.41 Å². The normalized spacial score (nSPS) is 15.6. The Morgan fingerprint density at radius 2 is 1.92 bits per heavy atom. The van der Waals surface area contributed by atoms with Crippen molar-refractivity contribution in [2.24, 2.45) is 5.73 Å². The van der Waals surface area contributed by atoms with Gasteiger partial charge >= 0.3 is 0 Å². The lowest BCUT2D eigenvalue weighted by Gasteiger charge is -2.29. The van der Waals surface area contributed by atoms with E-state index in [-0.39, 0.29) is 5.96 Å². The molecular formula is C18H26N8. The summed E-state index contributed by atoms with van der Waals surface area (Å²) in [6, 6.07) is 13.8. The molecule has 2 heterocycles. The summed E-state index contributed by atoms with van der Waals surface area (Å²) < 4.78 is 0. The highest BCUT2D eigenvalue weighted by atomic mass is 15.8. The van der Waals surface area contributed by atoms with Gasteiger partial charge in [0.15, 0.2) is 5.82 Å². The Hall–Kier alpha value is -2.68. The first-order chi connectivity index (χ1) is 12.6. The molecule has 0 radical (unpaired) electrons. The van der Waals surface area contributed by atoms with Crippen LogP contribution in [0.4, 0.5) is 11.5 Å². The average Bonchev–Trinajstić information content (AvgIpc) is 2.67. The molecule has 8 nitrogen and oxygen atoms in total. The van der Waals surface area contributed by atoms with Crippen molar-refractivity contribution in [1.82, 2.24) is 21.0 Å². The Bertz CT molecular complexity index is 695. The molecule has 0 unspecified atom stereocenters. The topological polar surface area (TPSA) is 105 Å². The van der Waals surface area contributed by atoms with Crippen molar-refractivity contribution in [1.29, 1.82) is 5.41 Å². The largest absolute Gasteiger partial charge is 0.369 e. The van der Waals surface area contributed by atoms with E-state index in [0.29, 0.717) is 11.7 Å². The number of likely N-dealkylation sites (tertiary alicyclic amines) is 1. The zero-order valence-corrected chi connectivity index (χ0v) is 14.9. The molecule has 26 heavy (non-hydrogen) atoms. The van der Waals surface area contributed by atoms with Crippen molar-refractivity contribution in [3.63, 3.8) is 0 Å². The van der Waals surface area contributed by atoms with E-state index in [9.17, 15) is 0 Å². The quantitative estimate of drug-likeness (QED) is 0.305. The van der Waals surface area contributed by atoms with Crippen molar-refractivity contribution in [2.45, 2.75) is 18.8 Å². The van der Waals surface area contributed by atoms with E-state index < -0.39 is 0 Å². The molecule has 8 heteroatoms. The molecule has 0 atom stereocenters. The molecule has 0 saturated carbocycles. The summed E-state index contributed by atoms with van der Waals surface area (Å²) in [5, 5.41) is 8.99. The van der Waals surface area contributed by atoms with Gasteiger partial charge < -0.3 is 16.1 Å². The Labute approximate surface area is 153 Å². The van der Waals surface area contributed by atoms with Gasteiger partial charge in [-0.05, 0) is 68.7 Å². The van der Waals surface area contributed by atoms with Crippen LogP contribution in [-0.2, 0) is 0 Å². The number of guanidine groups is 1. The summed E-state index contributed by atoms with van der Waals surface area (Å²) in [7, 11) is 2.18. The highest BCUT2D eigenvalue weighted by Crippen LogP contribution is 2.28. The molecule has 0 bridgehead atoms. The van der Waals surface area contributed by atoms with Gasteiger partial charge in [0.05, 0.1) is 5.69 Å². The van der Waals surface area contributed by atoms with Crippen molar-refractivity contribution < 1.29 is 0 Å². The molecule has 6 N–H and O–H groups in total. The van der Waals surface area contributed by atoms with Crippen LogP contribution in [0.1, 0.15) is 24.3 Å². The van der Waals surface area contributed by atoms with Gasteiger partial charge in [-0.25, -0.2) is 9.99 Å². The van der Waals surface area contributed by atoms with E-state index in [0.717, 1.165) is 18.8 Å². The number of hydrogen-bond donors (Lipinski definition) is 5. The first-order valence-electron chi connectivity index (χ1n) is 8.74. The molecule has 138 valence electrons. The monoisotopic (exact) mass is 354 g/mol. The standard InChI is InChI=1S/C18H26N8/c1-25-12-9-15(10-13-25)14-5-7-16(8-6-14)22-23-24-26(18(19)20)17-4-2-3-11-21-17/h2-8,11,15,22-24H,9-10,12-13H2,1H3,(H3,19,20). The molecule has 1 fully saturated rings. The van der Waals surface area contributed by atoms with Crippen LogP contribution in [0.3, 0.4) is 0 Å². The number of pyridine rings is 1. The Balaban J connectivity index is 1.52. The molecule has 1 aliphatic rings. The van der Waals surface area contributed by atoms with Crippen LogP contribution in [-0.4, -0.2) is 36.0 Å². The molecule has 1 saturated heterocycles. The fraction of sp³-hybridized carbons (Fsp3) is 0.333. The second-order valence-corrected chi connectivity index (χ2v) is 6.47. The Kier molecular flexibility index (Phi) is 6.00. The molecule has 2 aromatic rings. The summed E-state index contributed by atoms with van der Waals surface area (Å²) in [6.07, 6.45) is 4.06. The van der Waals surface area contributed by atoms with E-state index in [4.69, 9.17) is 11.1 Å². The van der Waals surface area contributed by atoms with E-state index in [1.54, 1.807) is 18.3 Å². The first-order valence-corrected chi connectivity index (χ1v) is 8.74. The minimum Gasteiger partial charge on any atom is -0.369 e. The number of benzene rings is 1. The van der Waals surface area contributed by atoms with E-state index >= 15 is 0 Å². The highest BCUT2D eigenvalue weighted by Gasteiger charge is 2.18. The fourth-order valence-corrected chi connectivity index (χ4v) is 3.06. The van der Waals surface area contributed by atoms with Crippen LogP contribution in [0.15, 0.2) is 48.7 Å². The number of aromatic nitrogens is 1. The molecule has 0 amide bonds. The van der Waals surface area contributed by atoms with Gasteiger partial charge in [0.25, 0.3) is 0 Å². The van der Waals surface area contributed by atoms with E-state index in [1.807, 2.05) is 18.2 Å². The van der Waals surface area contributed by atoms with Crippen molar-refractivity contribution in [3.8, 4) is 0 Å². The third kappa shape index (κ3) is 4.69. The molecule has 1 aromatic heterocycles. The van der Waals surface area contributed by atoms with Gasteiger partial charge in [-0.1, -0.05) is 18.2 Å². The molecule has 1 aromatic carbocycles. The minimum atomic E-state index is -0.171. The average molecular weight is 354 g/mol. The zero-order valence-electron chi connectivity index (χ0n) is 14.9. The Morgan fingerprint density at radius 1 is 1.19 bits per heavy atom. The lowest BCUT2D eigenvalue weighted by Crippen LogP contribution is -2.55. The maximum absolute atomic E-state index is 7.66. The number of hydrazine groups is 3. The second kappa shape index (κ2) is 8.61. The number of nitrogens with two attached hydrogens (primary N) is 1. The predicted molar refractivity (Wildman–Crippen MR) is 104 cm³/mol. The number of nitrogens with zero attached hydrogens (tertiary/aromatic N) is 3. The number of rotatable bonds is 6. The van der Waals surface area contributed by atoms with Crippen LogP contribution < -0.4 is 27.2 Å². The van der Waals surface area contributed by atoms with Crippen molar-refractivity contribution in [3.05, 3.63) is 54.2 Å². The molecule has 3 rings (SSSR count). The van der Waals surface area contributed by atoms with Crippen LogP contribution in [0.2, 0.25) is 0 Å². The van der Waals surface area contributed by atoms with E-state index in [2.05, 4.69) is 45.6 Å². The summed E-state index contributed by atoms with van der Waals surface area (Å²) in [5.41, 5.74) is 16.6. The lowest BCUT2D eigenvalue weighted by molar-refractivity contribution is 0.255. The summed E-state index contributed by atoms with van der Waals surface area (Å²) in [5.74, 6) is 0.992. The van der Waals surface area contributed by atoms with Crippen LogP contribution in [0.5, 0.6) is 0 Å². The zero-order chi connectivity index (χ0) is 18.4. The van der Waals surface area contributed by atoms with E-state index in [1.165, 1.54) is 23.4 Å². The van der Waals surface area contributed by atoms with Gasteiger partial charge in [0, 0.05) is 6.20 Å². The Morgan fingerprint density at radius 3 is 2.54 bits per heavy atom. The number of anilines is 2. The molecular weight excluding hydrogens is 328 g/mol. The van der Waals surface area contributed by atoms with Gasteiger partial charge in [-0.3, -0.25) is 5.41 Å². The fourth-order valence-electron chi connectivity index (χ4n) is 3.06. The highest BCUT2D eigenvalue weighted by molar-refractivity contribution is 5.90. The smallest absolute Gasteiger partial charge is 0.210 e. The summed E-state index contributed by atoms with van der Waals surface area (Å²) in [4.78, 5) is 6.55. The van der Waals surface area contributed by atoms with Gasteiger partial charge in [0.2, 0.25) is 5.96 Å². The van der Waals surface area contributed by atoms with Gasteiger partial charge in [0.1, 0.15) is 0 Å². The summed E-state index contributed by atoms with van der Waals surface area (Å²) >= 11 is 0. The predicted octanol–water partition coefficient (Wildman–Crippen LogP) is 1.63. The maximum atomic E-state index is 7.66. The third-order valence-electron chi connectivity index (χ3n) is 4.59. The third-order valence-corrected chi connectivity index (χ3v) is 4.59. The van der Waals surface area contributed by atoms with Gasteiger partial charge in [-0.15, -0.1) is 5.53 Å². The lowest BCUT2D eigenvalue weighted by atomic mass is 9.89. The van der Waals surface area contributed by atoms with Gasteiger partial charge in [-0.2, -0.15) is 5.53 Å². The molecule has 0 spiro atoms. The first kappa shape index (κ1) is 18.1. The van der Waals surface area contributed by atoms with Crippen molar-refractivity contribution in [2.75, 3.05) is 30.6 Å². The summed E-state index contributed by atoms with van der Waals surface area (Å²) in [6.45, 7) is 2.31. The molecule has 0 aliphatic carbocycles.